The second-order valence-electron chi connectivity index (χ2n) is 7.47. The van der Waals surface area contributed by atoms with E-state index in [-0.39, 0.29) is 29.8 Å². The van der Waals surface area contributed by atoms with Crippen LogP contribution in [0.3, 0.4) is 0 Å². The molecule has 8 heteroatoms. The molecule has 6 N–H and O–H groups in total. The lowest BCUT2D eigenvalue weighted by Crippen LogP contribution is -2.43. The fourth-order valence-electron chi connectivity index (χ4n) is 3.98. The summed E-state index contributed by atoms with van der Waals surface area (Å²) in [6.45, 7) is 0.438. The number of H-pyrrole nitrogens is 1. The number of amides is 3. The van der Waals surface area contributed by atoms with Crippen LogP contribution in [0.25, 0.3) is 16.5 Å². The molecule has 2 aromatic rings. The molecule has 148 valence electrons. The molecule has 0 radical (unpaired) electrons. The average Bonchev–Trinajstić information content (AvgIpc) is 2.97. The molecule has 4 rings (SSSR count). The van der Waals surface area contributed by atoms with Crippen molar-refractivity contribution in [1.82, 2.24) is 20.9 Å². The molecule has 28 heavy (non-hydrogen) atoms. The number of nitrogens with one attached hydrogen (secondary N) is 4. The standard InChI is InChI=1S/C20H24FN5O2/c21-12-1-6-16-15(9-12)17-11(7-8-23-19(27)18(17)26-16)10-24-20(28)25-14-4-2-13(22)3-5-14/h1,6,9-10,13-14,26H,2-5,7-8,22H2,(H,23,27)(H2,24,25,28). The summed E-state index contributed by atoms with van der Waals surface area (Å²) in [5.41, 5.74) is 8.36. The number of halogens is 1. The normalized spacial score (nSPS) is 23.8. The summed E-state index contributed by atoms with van der Waals surface area (Å²) in [6, 6.07) is 4.42. The Hall–Kier alpha value is -2.87. The molecule has 1 aliphatic heterocycles. The van der Waals surface area contributed by atoms with E-state index in [1.165, 1.54) is 12.1 Å². The Morgan fingerprint density at radius 2 is 2.04 bits per heavy atom. The highest BCUT2D eigenvalue weighted by atomic mass is 19.1. The van der Waals surface area contributed by atoms with Crippen molar-refractivity contribution in [3.05, 3.63) is 41.5 Å². The van der Waals surface area contributed by atoms with E-state index in [1.54, 1.807) is 12.3 Å². The summed E-state index contributed by atoms with van der Waals surface area (Å²) in [5, 5.41) is 9.19. The minimum Gasteiger partial charge on any atom is -0.350 e. The highest BCUT2D eigenvalue weighted by Gasteiger charge is 2.24. The van der Waals surface area contributed by atoms with Crippen molar-refractivity contribution in [2.45, 2.75) is 44.2 Å². The highest BCUT2D eigenvalue weighted by Crippen LogP contribution is 2.32. The van der Waals surface area contributed by atoms with Gasteiger partial charge in [0.25, 0.3) is 5.91 Å². The first-order valence-electron chi connectivity index (χ1n) is 9.62. The van der Waals surface area contributed by atoms with Crippen molar-refractivity contribution in [2.24, 2.45) is 5.73 Å². The molecule has 1 aromatic carbocycles. The second kappa shape index (κ2) is 7.63. The Kier molecular flexibility index (Phi) is 5.04. The maximum absolute atomic E-state index is 13.8. The van der Waals surface area contributed by atoms with Crippen molar-refractivity contribution in [2.75, 3.05) is 6.54 Å². The quantitative estimate of drug-likeness (QED) is 0.547. The molecule has 0 unspecified atom stereocenters. The van der Waals surface area contributed by atoms with Gasteiger partial charge in [-0.05, 0) is 55.9 Å². The van der Waals surface area contributed by atoms with Gasteiger partial charge in [-0.1, -0.05) is 0 Å². The molecule has 2 aliphatic rings. The van der Waals surface area contributed by atoms with Crippen molar-refractivity contribution in [1.29, 1.82) is 0 Å². The average molecular weight is 385 g/mol. The van der Waals surface area contributed by atoms with Gasteiger partial charge in [-0.15, -0.1) is 0 Å². The zero-order chi connectivity index (χ0) is 19.7. The van der Waals surface area contributed by atoms with Crippen molar-refractivity contribution in [3.63, 3.8) is 0 Å². The number of carbonyl (C=O) groups excluding carboxylic acids is 2. The molecular weight excluding hydrogens is 361 g/mol. The maximum Gasteiger partial charge on any atom is 0.318 e. The number of aromatic amines is 1. The number of aromatic nitrogens is 1. The summed E-state index contributed by atoms with van der Waals surface area (Å²) in [6.07, 6.45) is 5.70. The van der Waals surface area contributed by atoms with Crippen LogP contribution in [0.15, 0.2) is 24.4 Å². The summed E-state index contributed by atoms with van der Waals surface area (Å²) >= 11 is 0. The molecular formula is C20H24FN5O2. The molecule has 1 saturated carbocycles. The summed E-state index contributed by atoms with van der Waals surface area (Å²) in [7, 11) is 0. The first-order chi connectivity index (χ1) is 13.5. The highest BCUT2D eigenvalue weighted by molar-refractivity contribution is 6.07. The Labute approximate surface area is 161 Å². The van der Waals surface area contributed by atoms with Crippen molar-refractivity contribution >= 4 is 28.4 Å². The Morgan fingerprint density at radius 3 is 2.82 bits per heavy atom. The maximum atomic E-state index is 13.8. The van der Waals surface area contributed by atoms with Gasteiger partial charge >= 0.3 is 6.03 Å². The number of urea groups is 1. The molecule has 0 atom stereocenters. The first kappa shape index (κ1) is 18.5. The van der Waals surface area contributed by atoms with Gasteiger partial charge in [-0.25, -0.2) is 9.18 Å². The van der Waals surface area contributed by atoms with Gasteiger partial charge in [0.15, 0.2) is 0 Å². The molecule has 7 nitrogen and oxygen atoms in total. The topological polar surface area (TPSA) is 112 Å². The third kappa shape index (κ3) is 3.73. The van der Waals surface area contributed by atoms with Crippen molar-refractivity contribution in [3.8, 4) is 0 Å². The van der Waals surface area contributed by atoms with E-state index in [1.807, 2.05) is 0 Å². The number of fused-ring (bicyclic) bond motifs is 3. The monoisotopic (exact) mass is 385 g/mol. The minimum atomic E-state index is -0.375. The van der Waals surface area contributed by atoms with Gasteiger partial charge in [0.1, 0.15) is 11.5 Å². The minimum absolute atomic E-state index is 0.119. The first-order valence-corrected chi connectivity index (χ1v) is 9.62. The molecule has 1 aromatic heterocycles. The number of carbonyl (C=O) groups is 2. The smallest absolute Gasteiger partial charge is 0.318 e. The number of benzene rings is 1. The van der Waals surface area contributed by atoms with Gasteiger partial charge in [0.05, 0.1) is 0 Å². The van der Waals surface area contributed by atoms with E-state index in [2.05, 4.69) is 20.9 Å². The molecule has 1 aliphatic carbocycles. The Balaban J connectivity index is 1.57. The van der Waals surface area contributed by atoms with Crippen molar-refractivity contribution < 1.29 is 14.0 Å². The van der Waals surface area contributed by atoms with Crippen LogP contribution in [0.2, 0.25) is 0 Å². The molecule has 3 amide bonds. The van der Waals surface area contributed by atoms with Gasteiger partial charge in [0, 0.05) is 41.3 Å². The van der Waals surface area contributed by atoms with Crippen LogP contribution in [-0.4, -0.2) is 35.6 Å². The number of hydrogen-bond acceptors (Lipinski definition) is 3. The zero-order valence-electron chi connectivity index (χ0n) is 15.5. The van der Waals surface area contributed by atoms with Crippen LogP contribution in [0.5, 0.6) is 0 Å². The van der Waals surface area contributed by atoms with E-state index < -0.39 is 0 Å². The summed E-state index contributed by atoms with van der Waals surface area (Å²) in [5.74, 6) is -0.613. The van der Waals surface area contributed by atoms with Crippen LogP contribution >= 0.6 is 0 Å². The van der Waals surface area contributed by atoms with Gasteiger partial charge in [0.2, 0.25) is 0 Å². The summed E-state index contributed by atoms with van der Waals surface area (Å²) < 4.78 is 13.8. The molecule has 0 bridgehead atoms. The zero-order valence-corrected chi connectivity index (χ0v) is 15.5. The van der Waals surface area contributed by atoms with Crippen LogP contribution < -0.4 is 21.7 Å². The van der Waals surface area contributed by atoms with Crippen LogP contribution in [0.1, 0.15) is 48.2 Å². The fraction of sp³-hybridized carbons (Fsp3) is 0.400. The molecule has 1 fully saturated rings. The predicted octanol–water partition coefficient (Wildman–Crippen LogP) is 2.35. The predicted molar refractivity (Wildman–Crippen MR) is 105 cm³/mol. The third-order valence-corrected chi connectivity index (χ3v) is 5.47. The van der Waals surface area contributed by atoms with E-state index in [0.29, 0.717) is 35.1 Å². The second-order valence-corrected chi connectivity index (χ2v) is 7.47. The van der Waals surface area contributed by atoms with E-state index in [0.717, 1.165) is 31.3 Å². The Bertz CT molecular complexity index is 943. The lowest BCUT2D eigenvalue weighted by molar-refractivity contribution is 0.0952. The largest absolute Gasteiger partial charge is 0.350 e. The van der Waals surface area contributed by atoms with Crippen LogP contribution in [0.4, 0.5) is 9.18 Å². The number of nitrogens with two attached hydrogens (primary N) is 1. The summed E-state index contributed by atoms with van der Waals surface area (Å²) in [4.78, 5) is 27.7. The van der Waals surface area contributed by atoms with Gasteiger partial charge in [-0.2, -0.15) is 0 Å². The number of rotatable bonds is 2. The van der Waals surface area contributed by atoms with Gasteiger partial charge < -0.3 is 26.7 Å². The molecule has 0 saturated heterocycles. The molecule has 0 spiro atoms. The van der Waals surface area contributed by atoms with E-state index in [9.17, 15) is 14.0 Å². The lowest BCUT2D eigenvalue weighted by Gasteiger charge is -2.26. The number of hydrogen-bond donors (Lipinski definition) is 5. The Morgan fingerprint density at radius 1 is 1.25 bits per heavy atom. The van der Waals surface area contributed by atoms with Crippen LogP contribution in [-0.2, 0) is 0 Å². The van der Waals surface area contributed by atoms with E-state index in [4.69, 9.17) is 5.73 Å². The molecule has 2 heterocycles. The van der Waals surface area contributed by atoms with Crippen LogP contribution in [0, 0.1) is 5.82 Å². The lowest BCUT2D eigenvalue weighted by atomic mass is 9.92. The van der Waals surface area contributed by atoms with Gasteiger partial charge in [-0.3, -0.25) is 4.79 Å². The SMILES string of the molecule is NC1CCC(NC(=O)NC=C2CCNC(=O)c3[nH]c4ccc(F)cc4c32)CC1. The van der Waals surface area contributed by atoms with E-state index >= 15 is 0 Å². The third-order valence-electron chi connectivity index (χ3n) is 5.47. The fourth-order valence-corrected chi connectivity index (χ4v) is 3.98.